The third-order valence-corrected chi connectivity index (χ3v) is 4.39. The molecular weight excluding hydrogens is 322 g/mol. The normalized spacial score (nSPS) is 14.9. The molecule has 128 valence electrons. The number of pyridine rings is 1. The number of nitrogens with zero attached hydrogens (tertiary/aromatic N) is 5. The molecule has 0 aliphatic carbocycles. The van der Waals surface area contributed by atoms with Crippen LogP contribution in [0.1, 0.15) is 0 Å². The van der Waals surface area contributed by atoms with Crippen molar-refractivity contribution in [3.05, 3.63) is 30.7 Å². The van der Waals surface area contributed by atoms with Crippen molar-refractivity contribution >= 4 is 28.8 Å². The average molecular weight is 339 g/mol. The van der Waals surface area contributed by atoms with Crippen molar-refractivity contribution in [2.45, 2.75) is 0 Å². The first-order valence-electron chi connectivity index (χ1n) is 7.91. The van der Waals surface area contributed by atoms with Crippen LogP contribution in [0.3, 0.4) is 0 Å². The van der Waals surface area contributed by atoms with Gasteiger partial charge in [0.2, 0.25) is 5.95 Å². The Bertz CT molecular complexity index is 931. The van der Waals surface area contributed by atoms with E-state index in [-0.39, 0.29) is 5.95 Å². The lowest BCUT2D eigenvalue weighted by molar-refractivity contribution is 0.142. The summed E-state index contributed by atoms with van der Waals surface area (Å²) in [5.74, 6) is 0.215. The molecule has 0 atom stereocenters. The Labute approximate surface area is 143 Å². The zero-order chi connectivity index (χ0) is 17.4. The number of H-pyrrole nitrogens is 1. The van der Waals surface area contributed by atoms with Crippen molar-refractivity contribution in [1.29, 1.82) is 0 Å². The smallest absolute Gasteiger partial charge is 0.407 e. The van der Waals surface area contributed by atoms with E-state index in [0.29, 0.717) is 26.2 Å². The number of anilines is 2. The second kappa shape index (κ2) is 5.93. The molecule has 0 spiro atoms. The minimum absolute atomic E-state index is 0.215. The van der Waals surface area contributed by atoms with Crippen LogP contribution in [0.5, 0.6) is 0 Å². The number of aromatic nitrogens is 4. The number of nitrogen functional groups attached to an aromatic ring is 1. The maximum Gasteiger partial charge on any atom is 0.407 e. The molecule has 0 unspecified atom stereocenters. The summed E-state index contributed by atoms with van der Waals surface area (Å²) < 4.78 is 0. The summed E-state index contributed by atoms with van der Waals surface area (Å²) in [5, 5.41) is 10.1. The molecule has 4 rings (SSSR count). The Morgan fingerprint density at radius 2 is 1.92 bits per heavy atom. The largest absolute Gasteiger partial charge is 0.465 e. The summed E-state index contributed by atoms with van der Waals surface area (Å²) in [6, 6.07) is 3.75. The van der Waals surface area contributed by atoms with E-state index in [0.717, 1.165) is 28.0 Å². The molecule has 1 fully saturated rings. The van der Waals surface area contributed by atoms with Crippen molar-refractivity contribution in [2.75, 3.05) is 36.8 Å². The summed E-state index contributed by atoms with van der Waals surface area (Å²) >= 11 is 0. The summed E-state index contributed by atoms with van der Waals surface area (Å²) in [6.07, 6.45) is 4.35. The molecule has 1 aliphatic rings. The second-order valence-corrected chi connectivity index (χ2v) is 5.81. The summed E-state index contributed by atoms with van der Waals surface area (Å²) in [4.78, 5) is 30.5. The van der Waals surface area contributed by atoms with Gasteiger partial charge in [0.25, 0.3) is 0 Å². The molecule has 9 heteroatoms. The van der Waals surface area contributed by atoms with Gasteiger partial charge in [-0.2, -0.15) is 0 Å². The minimum atomic E-state index is -0.877. The summed E-state index contributed by atoms with van der Waals surface area (Å²) in [7, 11) is 0. The van der Waals surface area contributed by atoms with Gasteiger partial charge < -0.3 is 25.6 Å². The molecule has 3 aromatic rings. The van der Waals surface area contributed by atoms with Crippen LogP contribution in [0.4, 0.5) is 16.4 Å². The highest BCUT2D eigenvalue weighted by molar-refractivity contribution is 6.02. The van der Waals surface area contributed by atoms with Gasteiger partial charge in [0.15, 0.2) is 0 Å². The van der Waals surface area contributed by atoms with Gasteiger partial charge in [0.1, 0.15) is 5.65 Å². The van der Waals surface area contributed by atoms with Crippen LogP contribution in [0.15, 0.2) is 30.7 Å². The van der Waals surface area contributed by atoms with E-state index in [1.807, 2.05) is 12.3 Å². The number of rotatable bonds is 2. The number of nitrogens with two attached hydrogens (primary N) is 1. The van der Waals surface area contributed by atoms with Crippen molar-refractivity contribution in [3.8, 4) is 11.3 Å². The lowest BCUT2D eigenvalue weighted by Gasteiger charge is -2.35. The minimum Gasteiger partial charge on any atom is -0.465 e. The number of amides is 1. The first-order chi connectivity index (χ1) is 12.1. The molecule has 0 saturated carbocycles. The standard InChI is InChI=1S/C16H17N7O2/c17-15-19-3-1-11(21-15)10-9-20-14-13(10)12(2-4-18-14)22-5-7-23(8-6-22)16(24)25/h1-4,9H,5-8H2,(H,18,20)(H,24,25)(H2,17,19,21). The molecule has 0 aromatic carbocycles. The highest BCUT2D eigenvalue weighted by atomic mass is 16.4. The van der Waals surface area contributed by atoms with Crippen molar-refractivity contribution in [2.24, 2.45) is 0 Å². The van der Waals surface area contributed by atoms with Gasteiger partial charge in [-0.05, 0) is 12.1 Å². The number of carbonyl (C=O) groups is 1. The van der Waals surface area contributed by atoms with Gasteiger partial charge in [-0.25, -0.2) is 19.7 Å². The second-order valence-electron chi connectivity index (χ2n) is 5.81. The van der Waals surface area contributed by atoms with Crippen LogP contribution in [0.25, 0.3) is 22.3 Å². The highest BCUT2D eigenvalue weighted by Crippen LogP contribution is 2.34. The van der Waals surface area contributed by atoms with Crippen LogP contribution < -0.4 is 10.6 Å². The summed E-state index contributed by atoms with van der Waals surface area (Å²) in [6.45, 7) is 2.20. The van der Waals surface area contributed by atoms with Crippen molar-refractivity contribution in [3.63, 3.8) is 0 Å². The van der Waals surface area contributed by atoms with Gasteiger partial charge in [-0.15, -0.1) is 0 Å². The van der Waals surface area contributed by atoms with Gasteiger partial charge in [-0.3, -0.25) is 0 Å². The van der Waals surface area contributed by atoms with Gasteiger partial charge in [0.05, 0.1) is 16.8 Å². The zero-order valence-electron chi connectivity index (χ0n) is 13.4. The predicted octanol–water partition coefficient (Wildman–Crippen LogP) is 1.40. The van der Waals surface area contributed by atoms with Crippen molar-refractivity contribution < 1.29 is 9.90 Å². The fourth-order valence-corrected chi connectivity index (χ4v) is 3.17. The Balaban J connectivity index is 1.75. The maximum absolute atomic E-state index is 11.1. The van der Waals surface area contributed by atoms with Crippen LogP contribution in [0, 0.1) is 0 Å². The molecular formula is C16H17N7O2. The third-order valence-electron chi connectivity index (χ3n) is 4.39. The molecule has 25 heavy (non-hydrogen) atoms. The topological polar surface area (TPSA) is 124 Å². The number of piperazine rings is 1. The fourth-order valence-electron chi connectivity index (χ4n) is 3.17. The van der Waals surface area contributed by atoms with Gasteiger partial charge in [0, 0.05) is 50.3 Å². The fraction of sp³-hybridized carbons (Fsp3) is 0.250. The summed E-state index contributed by atoms with van der Waals surface area (Å²) in [5.41, 5.74) is 9.09. The predicted molar refractivity (Wildman–Crippen MR) is 93.3 cm³/mol. The number of aromatic amines is 1. The van der Waals surface area contributed by atoms with E-state index in [1.165, 1.54) is 4.90 Å². The molecule has 1 saturated heterocycles. The van der Waals surface area contributed by atoms with Gasteiger partial charge in [-0.1, -0.05) is 0 Å². The number of hydrogen-bond acceptors (Lipinski definition) is 6. The average Bonchev–Trinajstić information content (AvgIpc) is 3.06. The molecule has 9 nitrogen and oxygen atoms in total. The van der Waals surface area contributed by atoms with Crippen LogP contribution in [-0.2, 0) is 0 Å². The molecule has 0 bridgehead atoms. The molecule has 0 radical (unpaired) electrons. The quantitative estimate of drug-likeness (QED) is 0.644. The van der Waals surface area contributed by atoms with Crippen LogP contribution in [0.2, 0.25) is 0 Å². The molecule has 3 aromatic heterocycles. The Morgan fingerprint density at radius 1 is 1.16 bits per heavy atom. The molecule has 1 amide bonds. The SMILES string of the molecule is Nc1nccc(-c2c[nH]c3nccc(N4CCN(C(=O)O)CC4)c23)n1. The molecule has 4 N–H and O–H groups in total. The molecule has 1 aliphatic heterocycles. The number of carboxylic acid groups (broad SMARTS) is 1. The van der Waals surface area contributed by atoms with Crippen molar-refractivity contribution in [1.82, 2.24) is 24.8 Å². The third kappa shape index (κ3) is 2.69. The van der Waals surface area contributed by atoms with Gasteiger partial charge >= 0.3 is 6.09 Å². The number of hydrogen-bond donors (Lipinski definition) is 3. The maximum atomic E-state index is 11.1. The van der Waals surface area contributed by atoms with E-state index < -0.39 is 6.09 Å². The zero-order valence-corrected chi connectivity index (χ0v) is 13.4. The lowest BCUT2D eigenvalue weighted by Crippen LogP contribution is -2.48. The monoisotopic (exact) mass is 339 g/mol. The van der Waals surface area contributed by atoms with E-state index in [4.69, 9.17) is 10.8 Å². The lowest BCUT2D eigenvalue weighted by atomic mass is 10.1. The number of nitrogens with one attached hydrogen (secondary N) is 1. The Hall–Kier alpha value is -3.36. The van der Waals surface area contributed by atoms with Crippen LogP contribution in [-0.4, -0.2) is 62.2 Å². The van der Waals surface area contributed by atoms with E-state index in [2.05, 4.69) is 24.8 Å². The number of fused-ring (bicyclic) bond motifs is 1. The van der Waals surface area contributed by atoms with E-state index in [9.17, 15) is 4.79 Å². The Kier molecular flexibility index (Phi) is 3.60. The first kappa shape index (κ1) is 15.2. The van der Waals surface area contributed by atoms with Crippen LogP contribution >= 0.6 is 0 Å². The van der Waals surface area contributed by atoms with E-state index in [1.54, 1.807) is 18.5 Å². The molecule has 4 heterocycles. The van der Waals surface area contributed by atoms with E-state index >= 15 is 0 Å². The first-order valence-corrected chi connectivity index (χ1v) is 7.91. The Morgan fingerprint density at radius 3 is 2.64 bits per heavy atom. The highest BCUT2D eigenvalue weighted by Gasteiger charge is 2.23.